The van der Waals surface area contributed by atoms with Crippen molar-refractivity contribution in [2.24, 2.45) is 11.8 Å². The molecule has 1 fully saturated rings. The van der Waals surface area contributed by atoms with Gasteiger partial charge in [0.15, 0.2) is 0 Å². The predicted octanol–water partition coefficient (Wildman–Crippen LogP) is 3.83. The summed E-state index contributed by atoms with van der Waals surface area (Å²) in [6.07, 6.45) is 1.30. The van der Waals surface area contributed by atoms with Gasteiger partial charge < -0.3 is 10.2 Å². The number of nitrogens with zero attached hydrogens (tertiary/aromatic N) is 1. The third kappa shape index (κ3) is 4.22. The van der Waals surface area contributed by atoms with E-state index in [0.29, 0.717) is 0 Å². The van der Waals surface area contributed by atoms with Crippen LogP contribution in [0.2, 0.25) is 0 Å². The fourth-order valence-corrected chi connectivity index (χ4v) is 3.41. The monoisotopic (exact) mass is 324 g/mol. The zero-order valence-electron chi connectivity index (χ0n) is 12.2. The molecule has 19 heavy (non-hydrogen) atoms. The first-order chi connectivity index (χ1) is 9.06. The van der Waals surface area contributed by atoms with Crippen molar-refractivity contribution >= 4 is 21.6 Å². The average molecular weight is 325 g/mol. The summed E-state index contributed by atoms with van der Waals surface area (Å²) in [6.45, 7) is 11.3. The summed E-state index contributed by atoms with van der Waals surface area (Å²) in [5.74, 6) is 1.52. The quantitative estimate of drug-likeness (QED) is 0.885. The number of hydrogen-bond donors (Lipinski definition) is 1. The van der Waals surface area contributed by atoms with Crippen LogP contribution in [0.3, 0.4) is 0 Å². The zero-order chi connectivity index (χ0) is 13.8. The SMILES string of the molecule is Cc1ccc(N2CCC(CNCC(C)C)C2)c(Br)c1. The Morgan fingerprint density at radius 1 is 1.42 bits per heavy atom. The Morgan fingerprint density at radius 3 is 2.89 bits per heavy atom. The molecule has 0 radical (unpaired) electrons. The minimum absolute atomic E-state index is 0.740. The van der Waals surface area contributed by atoms with Gasteiger partial charge in [-0.25, -0.2) is 0 Å². The van der Waals surface area contributed by atoms with Gasteiger partial charge in [0.05, 0.1) is 5.69 Å². The number of anilines is 1. The van der Waals surface area contributed by atoms with E-state index in [0.717, 1.165) is 24.9 Å². The van der Waals surface area contributed by atoms with Gasteiger partial charge in [0.1, 0.15) is 0 Å². The molecular formula is C16H25BrN2. The molecule has 2 rings (SSSR count). The highest BCUT2D eigenvalue weighted by Gasteiger charge is 2.23. The van der Waals surface area contributed by atoms with Crippen molar-refractivity contribution in [1.29, 1.82) is 0 Å². The summed E-state index contributed by atoms with van der Waals surface area (Å²) in [5.41, 5.74) is 2.65. The maximum absolute atomic E-state index is 3.69. The second-order valence-corrected chi connectivity index (χ2v) is 6.96. The molecule has 0 aliphatic carbocycles. The van der Waals surface area contributed by atoms with Crippen LogP contribution in [-0.2, 0) is 0 Å². The Balaban J connectivity index is 1.87. The molecule has 1 unspecified atom stereocenters. The molecule has 2 nitrogen and oxygen atoms in total. The van der Waals surface area contributed by atoms with E-state index in [1.807, 2.05) is 0 Å². The van der Waals surface area contributed by atoms with Crippen molar-refractivity contribution in [3.05, 3.63) is 28.2 Å². The van der Waals surface area contributed by atoms with Gasteiger partial charge >= 0.3 is 0 Å². The van der Waals surface area contributed by atoms with Crippen LogP contribution in [0.4, 0.5) is 5.69 Å². The molecular weight excluding hydrogens is 300 g/mol. The molecule has 1 aliphatic rings. The normalized spacial score (nSPS) is 19.4. The second-order valence-electron chi connectivity index (χ2n) is 6.11. The summed E-state index contributed by atoms with van der Waals surface area (Å²) in [4.78, 5) is 2.51. The van der Waals surface area contributed by atoms with E-state index in [4.69, 9.17) is 0 Å². The summed E-state index contributed by atoms with van der Waals surface area (Å²) >= 11 is 3.69. The lowest BCUT2D eigenvalue weighted by atomic mass is 10.1. The number of rotatable bonds is 5. The van der Waals surface area contributed by atoms with E-state index < -0.39 is 0 Å². The molecule has 0 aromatic heterocycles. The second kappa shape index (κ2) is 6.76. The Labute approximate surface area is 125 Å². The Kier molecular flexibility index (Phi) is 5.28. The van der Waals surface area contributed by atoms with Gasteiger partial charge in [-0.15, -0.1) is 0 Å². The van der Waals surface area contributed by atoms with Crippen molar-refractivity contribution in [1.82, 2.24) is 5.32 Å². The first-order valence-corrected chi connectivity index (χ1v) is 8.07. The maximum atomic E-state index is 3.69. The summed E-state index contributed by atoms with van der Waals surface area (Å²) in [6, 6.07) is 6.65. The van der Waals surface area contributed by atoms with E-state index in [9.17, 15) is 0 Å². The van der Waals surface area contributed by atoms with E-state index in [-0.39, 0.29) is 0 Å². The summed E-state index contributed by atoms with van der Waals surface area (Å²) in [5, 5.41) is 3.58. The molecule has 1 aromatic carbocycles. The molecule has 0 bridgehead atoms. The lowest BCUT2D eigenvalue weighted by Gasteiger charge is -2.21. The van der Waals surface area contributed by atoms with Crippen molar-refractivity contribution < 1.29 is 0 Å². The third-order valence-electron chi connectivity index (χ3n) is 3.72. The average Bonchev–Trinajstić information content (AvgIpc) is 2.77. The number of aryl methyl sites for hydroxylation is 1. The minimum atomic E-state index is 0.740. The van der Waals surface area contributed by atoms with Crippen LogP contribution < -0.4 is 10.2 Å². The molecule has 1 aliphatic heterocycles. The van der Waals surface area contributed by atoms with Crippen LogP contribution in [0.1, 0.15) is 25.8 Å². The van der Waals surface area contributed by atoms with Gasteiger partial charge in [0, 0.05) is 17.6 Å². The molecule has 106 valence electrons. The molecule has 0 saturated carbocycles. The molecule has 3 heteroatoms. The smallest absolute Gasteiger partial charge is 0.0510 e. The van der Waals surface area contributed by atoms with Gasteiger partial charge in [-0.1, -0.05) is 19.9 Å². The molecule has 1 atom stereocenters. The third-order valence-corrected chi connectivity index (χ3v) is 4.35. The van der Waals surface area contributed by atoms with Crippen molar-refractivity contribution in [2.75, 3.05) is 31.1 Å². The van der Waals surface area contributed by atoms with Gasteiger partial charge in [-0.05, 0) is 71.9 Å². The largest absolute Gasteiger partial charge is 0.370 e. The van der Waals surface area contributed by atoms with E-state index in [2.05, 4.69) is 65.1 Å². The fourth-order valence-electron chi connectivity index (χ4n) is 2.66. The Morgan fingerprint density at radius 2 is 2.21 bits per heavy atom. The van der Waals surface area contributed by atoms with Gasteiger partial charge in [0.2, 0.25) is 0 Å². The molecule has 1 heterocycles. The summed E-state index contributed by atoms with van der Waals surface area (Å²) in [7, 11) is 0. The van der Waals surface area contributed by atoms with Crippen LogP contribution in [-0.4, -0.2) is 26.2 Å². The molecule has 1 saturated heterocycles. The minimum Gasteiger partial charge on any atom is -0.370 e. The molecule has 1 N–H and O–H groups in total. The highest BCUT2D eigenvalue weighted by atomic mass is 79.9. The lowest BCUT2D eigenvalue weighted by Crippen LogP contribution is -2.28. The van der Waals surface area contributed by atoms with Gasteiger partial charge in [-0.3, -0.25) is 0 Å². The number of benzene rings is 1. The Hall–Kier alpha value is -0.540. The zero-order valence-corrected chi connectivity index (χ0v) is 13.8. The Bertz CT molecular complexity index is 417. The number of hydrogen-bond acceptors (Lipinski definition) is 2. The van der Waals surface area contributed by atoms with Crippen molar-refractivity contribution in [3.63, 3.8) is 0 Å². The number of halogens is 1. The van der Waals surface area contributed by atoms with Crippen molar-refractivity contribution in [2.45, 2.75) is 27.2 Å². The highest BCUT2D eigenvalue weighted by molar-refractivity contribution is 9.10. The van der Waals surface area contributed by atoms with Crippen LogP contribution in [0.25, 0.3) is 0 Å². The van der Waals surface area contributed by atoms with Crippen LogP contribution in [0.5, 0.6) is 0 Å². The molecule has 0 amide bonds. The van der Waals surface area contributed by atoms with E-state index in [1.54, 1.807) is 0 Å². The van der Waals surface area contributed by atoms with Crippen LogP contribution in [0, 0.1) is 18.8 Å². The number of nitrogens with one attached hydrogen (secondary N) is 1. The maximum Gasteiger partial charge on any atom is 0.0510 e. The van der Waals surface area contributed by atoms with Gasteiger partial charge in [0.25, 0.3) is 0 Å². The molecule has 1 aromatic rings. The highest BCUT2D eigenvalue weighted by Crippen LogP contribution is 2.31. The molecule has 0 spiro atoms. The predicted molar refractivity (Wildman–Crippen MR) is 86.9 cm³/mol. The van der Waals surface area contributed by atoms with Crippen LogP contribution >= 0.6 is 15.9 Å². The fraction of sp³-hybridized carbons (Fsp3) is 0.625. The van der Waals surface area contributed by atoms with E-state index in [1.165, 1.54) is 35.2 Å². The summed E-state index contributed by atoms with van der Waals surface area (Å²) < 4.78 is 1.23. The topological polar surface area (TPSA) is 15.3 Å². The van der Waals surface area contributed by atoms with Crippen molar-refractivity contribution in [3.8, 4) is 0 Å². The van der Waals surface area contributed by atoms with Crippen LogP contribution in [0.15, 0.2) is 22.7 Å². The first kappa shape index (κ1) is 14.9. The van der Waals surface area contributed by atoms with E-state index >= 15 is 0 Å². The first-order valence-electron chi connectivity index (χ1n) is 7.28. The lowest BCUT2D eigenvalue weighted by molar-refractivity contribution is 0.477. The standard InChI is InChI=1S/C16H25BrN2/c1-12(2)9-18-10-14-6-7-19(11-14)16-5-4-13(3)8-15(16)17/h4-5,8,12,14,18H,6-7,9-11H2,1-3H3. The van der Waals surface area contributed by atoms with Gasteiger partial charge in [-0.2, -0.15) is 0 Å².